The van der Waals surface area contributed by atoms with E-state index < -0.39 is 29.3 Å². The number of hydrogen-bond acceptors (Lipinski definition) is 3. The average Bonchev–Trinajstić information content (AvgIpc) is 3.07. The molecule has 0 aromatic heterocycles. The van der Waals surface area contributed by atoms with Crippen molar-refractivity contribution in [2.24, 2.45) is 0 Å². The SMILES string of the molecule is C[C@@H](C(=O)Nc1ccccc1F)N1C(=O)NC2(CCCC2)C1=O. The van der Waals surface area contributed by atoms with Crippen LogP contribution in [0.2, 0.25) is 0 Å². The van der Waals surface area contributed by atoms with E-state index in [9.17, 15) is 18.8 Å². The van der Waals surface area contributed by atoms with Gasteiger partial charge >= 0.3 is 6.03 Å². The number of nitrogens with zero attached hydrogens (tertiary/aromatic N) is 1. The van der Waals surface area contributed by atoms with E-state index in [1.165, 1.54) is 25.1 Å². The van der Waals surface area contributed by atoms with E-state index in [0.29, 0.717) is 12.8 Å². The van der Waals surface area contributed by atoms with E-state index in [2.05, 4.69) is 10.6 Å². The van der Waals surface area contributed by atoms with Crippen molar-refractivity contribution < 1.29 is 18.8 Å². The summed E-state index contributed by atoms with van der Waals surface area (Å²) in [7, 11) is 0. The number of anilines is 1. The number of nitrogens with one attached hydrogen (secondary N) is 2. The molecule has 6 nitrogen and oxygen atoms in total. The van der Waals surface area contributed by atoms with Crippen LogP contribution in [0.1, 0.15) is 32.6 Å². The Bertz CT molecular complexity index is 670. The van der Waals surface area contributed by atoms with Crippen LogP contribution in [0.3, 0.4) is 0 Å². The minimum absolute atomic E-state index is 0.0204. The number of benzene rings is 1. The molecular formula is C16H18FN3O3. The van der Waals surface area contributed by atoms with Crippen molar-refractivity contribution in [3.63, 3.8) is 0 Å². The van der Waals surface area contributed by atoms with Crippen molar-refractivity contribution in [2.75, 3.05) is 5.32 Å². The van der Waals surface area contributed by atoms with Gasteiger partial charge in [-0.1, -0.05) is 25.0 Å². The highest BCUT2D eigenvalue weighted by molar-refractivity contribution is 6.11. The van der Waals surface area contributed by atoms with Crippen molar-refractivity contribution in [2.45, 2.75) is 44.2 Å². The zero-order valence-corrected chi connectivity index (χ0v) is 12.8. The molecule has 1 spiro atoms. The summed E-state index contributed by atoms with van der Waals surface area (Å²) in [6.45, 7) is 1.46. The molecule has 1 saturated carbocycles. The van der Waals surface area contributed by atoms with Crippen molar-refractivity contribution in [3.05, 3.63) is 30.1 Å². The molecule has 1 aromatic rings. The quantitative estimate of drug-likeness (QED) is 0.837. The third-order valence-corrected chi connectivity index (χ3v) is 4.55. The van der Waals surface area contributed by atoms with Crippen LogP contribution < -0.4 is 10.6 Å². The third-order valence-electron chi connectivity index (χ3n) is 4.55. The second-order valence-corrected chi connectivity index (χ2v) is 6.04. The molecule has 0 bridgehead atoms. The standard InChI is InChI=1S/C16H18FN3O3/c1-10(13(21)18-12-7-3-2-6-11(12)17)20-14(22)16(19-15(20)23)8-4-5-9-16/h2-3,6-7,10H,4-5,8-9H2,1H3,(H,18,21)(H,19,23)/t10-/m0/s1. The largest absolute Gasteiger partial charge is 0.325 e. The molecule has 1 aliphatic carbocycles. The molecule has 1 saturated heterocycles. The topological polar surface area (TPSA) is 78.5 Å². The fourth-order valence-corrected chi connectivity index (χ4v) is 3.23. The Labute approximate surface area is 133 Å². The summed E-state index contributed by atoms with van der Waals surface area (Å²) in [4.78, 5) is 38.0. The number of carbonyl (C=O) groups excluding carboxylic acids is 3. The second-order valence-electron chi connectivity index (χ2n) is 6.04. The Morgan fingerprint density at radius 2 is 1.96 bits per heavy atom. The van der Waals surface area contributed by atoms with Crippen LogP contribution in [0.5, 0.6) is 0 Å². The summed E-state index contributed by atoms with van der Waals surface area (Å²) in [6.07, 6.45) is 2.93. The number of halogens is 1. The van der Waals surface area contributed by atoms with Crippen molar-refractivity contribution in [1.82, 2.24) is 10.2 Å². The van der Waals surface area contributed by atoms with Gasteiger partial charge in [0.1, 0.15) is 17.4 Å². The van der Waals surface area contributed by atoms with Crippen LogP contribution in [0, 0.1) is 5.82 Å². The number of amides is 4. The summed E-state index contributed by atoms with van der Waals surface area (Å²) in [5, 5.41) is 5.14. The molecule has 1 heterocycles. The van der Waals surface area contributed by atoms with E-state index in [4.69, 9.17) is 0 Å². The van der Waals surface area contributed by atoms with E-state index in [1.807, 2.05) is 0 Å². The molecule has 2 N–H and O–H groups in total. The molecule has 1 aliphatic heterocycles. The van der Waals surface area contributed by atoms with Gasteiger partial charge < -0.3 is 10.6 Å². The second kappa shape index (κ2) is 5.64. The van der Waals surface area contributed by atoms with Crippen LogP contribution in [-0.4, -0.2) is 34.3 Å². The Morgan fingerprint density at radius 3 is 2.61 bits per heavy atom. The number of para-hydroxylation sites is 1. The van der Waals surface area contributed by atoms with Gasteiger partial charge in [0.05, 0.1) is 5.69 Å². The Balaban J connectivity index is 1.76. The Hall–Kier alpha value is -2.44. The van der Waals surface area contributed by atoms with Gasteiger partial charge in [0.25, 0.3) is 5.91 Å². The van der Waals surface area contributed by atoms with Gasteiger partial charge in [-0.3, -0.25) is 9.59 Å². The number of urea groups is 1. The van der Waals surface area contributed by atoms with Crippen LogP contribution >= 0.6 is 0 Å². The lowest BCUT2D eigenvalue weighted by atomic mass is 9.97. The zero-order valence-electron chi connectivity index (χ0n) is 12.8. The van der Waals surface area contributed by atoms with E-state index >= 15 is 0 Å². The van der Waals surface area contributed by atoms with Crippen LogP contribution in [0.25, 0.3) is 0 Å². The maximum absolute atomic E-state index is 13.6. The molecule has 2 fully saturated rings. The molecule has 1 atom stereocenters. The van der Waals surface area contributed by atoms with Gasteiger partial charge in [-0.2, -0.15) is 0 Å². The van der Waals surface area contributed by atoms with E-state index in [0.717, 1.165) is 17.7 Å². The van der Waals surface area contributed by atoms with Gasteiger partial charge in [-0.05, 0) is 31.9 Å². The summed E-state index contributed by atoms with van der Waals surface area (Å²) in [6, 6.07) is 4.17. The van der Waals surface area contributed by atoms with Crippen molar-refractivity contribution in [3.8, 4) is 0 Å². The van der Waals surface area contributed by atoms with Gasteiger partial charge in [-0.25, -0.2) is 14.1 Å². The normalized spacial score (nSPS) is 20.7. The van der Waals surface area contributed by atoms with E-state index in [1.54, 1.807) is 6.07 Å². The smallest absolute Gasteiger partial charge is 0.323 e. The minimum Gasteiger partial charge on any atom is -0.323 e. The number of carbonyl (C=O) groups is 3. The highest BCUT2D eigenvalue weighted by Crippen LogP contribution is 2.35. The van der Waals surface area contributed by atoms with Gasteiger partial charge in [0.15, 0.2) is 0 Å². The summed E-state index contributed by atoms with van der Waals surface area (Å²) in [5.74, 6) is -1.54. The van der Waals surface area contributed by atoms with Gasteiger partial charge in [0.2, 0.25) is 5.91 Å². The summed E-state index contributed by atoms with van der Waals surface area (Å²) >= 11 is 0. The summed E-state index contributed by atoms with van der Waals surface area (Å²) in [5.41, 5.74) is -0.837. The molecule has 3 rings (SSSR count). The molecule has 0 radical (unpaired) electrons. The van der Waals surface area contributed by atoms with Gasteiger partial charge in [-0.15, -0.1) is 0 Å². The number of rotatable bonds is 3. The first-order chi connectivity index (χ1) is 10.9. The first-order valence-corrected chi connectivity index (χ1v) is 7.66. The lowest BCUT2D eigenvalue weighted by Crippen LogP contribution is -2.48. The Kier molecular flexibility index (Phi) is 3.79. The molecule has 7 heteroatoms. The van der Waals surface area contributed by atoms with Crippen molar-refractivity contribution >= 4 is 23.5 Å². The third kappa shape index (κ3) is 2.56. The first kappa shape index (κ1) is 15.5. The van der Waals surface area contributed by atoms with Crippen LogP contribution in [0.4, 0.5) is 14.9 Å². The molecule has 1 aromatic carbocycles. The predicted octanol–water partition coefficient (Wildman–Crippen LogP) is 2.02. The average molecular weight is 319 g/mol. The first-order valence-electron chi connectivity index (χ1n) is 7.66. The van der Waals surface area contributed by atoms with Gasteiger partial charge in [0, 0.05) is 0 Å². The lowest BCUT2D eigenvalue weighted by Gasteiger charge is -2.23. The molecule has 122 valence electrons. The highest BCUT2D eigenvalue weighted by atomic mass is 19.1. The summed E-state index contributed by atoms with van der Waals surface area (Å²) < 4.78 is 13.6. The fourth-order valence-electron chi connectivity index (χ4n) is 3.23. The lowest BCUT2D eigenvalue weighted by molar-refractivity contribution is -0.136. The Morgan fingerprint density at radius 1 is 1.30 bits per heavy atom. The van der Waals surface area contributed by atoms with Crippen LogP contribution in [0.15, 0.2) is 24.3 Å². The molecule has 4 amide bonds. The monoisotopic (exact) mass is 319 g/mol. The number of imide groups is 1. The van der Waals surface area contributed by atoms with Crippen molar-refractivity contribution in [1.29, 1.82) is 0 Å². The predicted molar refractivity (Wildman–Crippen MR) is 81.1 cm³/mol. The van der Waals surface area contributed by atoms with E-state index in [-0.39, 0.29) is 11.6 Å². The highest BCUT2D eigenvalue weighted by Gasteiger charge is 2.54. The molecular weight excluding hydrogens is 301 g/mol. The molecule has 23 heavy (non-hydrogen) atoms. The zero-order chi connectivity index (χ0) is 16.6. The maximum Gasteiger partial charge on any atom is 0.325 e. The molecule has 2 aliphatic rings. The maximum atomic E-state index is 13.6. The minimum atomic E-state index is -1.01. The van der Waals surface area contributed by atoms with Crippen LogP contribution in [-0.2, 0) is 9.59 Å². The number of hydrogen-bond donors (Lipinski definition) is 2. The fraction of sp³-hybridized carbons (Fsp3) is 0.438. The molecule has 0 unspecified atom stereocenters.